The lowest BCUT2D eigenvalue weighted by molar-refractivity contribution is -0.232. The molecule has 1 aliphatic carbocycles. The van der Waals surface area contributed by atoms with Crippen molar-refractivity contribution in [1.82, 2.24) is 0 Å². The van der Waals surface area contributed by atoms with Crippen molar-refractivity contribution in [2.45, 2.75) is 68.5 Å². The van der Waals surface area contributed by atoms with Crippen LogP contribution in [0.1, 0.15) is 59.1 Å². The second-order valence-electron chi connectivity index (χ2n) is 9.14. The molecule has 1 saturated carbocycles. The van der Waals surface area contributed by atoms with Crippen LogP contribution in [0.2, 0.25) is 5.02 Å². The standard InChI is InChI=1S/C25H29ClO6/c26-20-16(10-13-3-5-14(6-4-13)15-7-8-15)11-18(17-2-1-9-31-24(17)20)25-23(30)22(29)21(28)19(12-27)32-25/h3-6,11,15,19,21-23,25,27-30H,1-2,7-10,12H2. The van der Waals surface area contributed by atoms with E-state index in [4.69, 9.17) is 21.1 Å². The topological polar surface area (TPSA) is 99.4 Å². The van der Waals surface area contributed by atoms with Crippen LogP contribution in [0.3, 0.4) is 0 Å². The van der Waals surface area contributed by atoms with E-state index in [2.05, 4.69) is 24.3 Å². The van der Waals surface area contributed by atoms with Crippen molar-refractivity contribution in [3.05, 3.63) is 63.2 Å². The number of fused-ring (bicyclic) bond motifs is 1. The van der Waals surface area contributed by atoms with Crippen molar-refractivity contribution in [3.8, 4) is 5.75 Å². The van der Waals surface area contributed by atoms with E-state index in [1.165, 1.54) is 18.4 Å². The molecular weight excluding hydrogens is 432 g/mol. The highest BCUT2D eigenvalue weighted by atomic mass is 35.5. The number of hydrogen-bond acceptors (Lipinski definition) is 6. The van der Waals surface area contributed by atoms with E-state index in [0.29, 0.717) is 41.7 Å². The van der Waals surface area contributed by atoms with Crippen LogP contribution in [0, 0.1) is 0 Å². The summed E-state index contributed by atoms with van der Waals surface area (Å²) in [6.07, 6.45) is -1.43. The summed E-state index contributed by atoms with van der Waals surface area (Å²) in [4.78, 5) is 0. The smallest absolute Gasteiger partial charge is 0.141 e. The van der Waals surface area contributed by atoms with E-state index in [0.717, 1.165) is 23.1 Å². The van der Waals surface area contributed by atoms with Crippen LogP contribution in [-0.2, 0) is 17.6 Å². The highest BCUT2D eigenvalue weighted by Crippen LogP contribution is 2.44. The minimum atomic E-state index is -1.43. The van der Waals surface area contributed by atoms with Gasteiger partial charge in [-0.25, -0.2) is 0 Å². The summed E-state index contributed by atoms with van der Waals surface area (Å²) in [5.41, 5.74) is 4.87. The zero-order valence-electron chi connectivity index (χ0n) is 17.8. The summed E-state index contributed by atoms with van der Waals surface area (Å²) in [6, 6.07) is 10.5. The molecule has 2 aliphatic heterocycles. The second kappa shape index (κ2) is 8.93. The lowest BCUT2D eigenvalue weighted by Crippen LogP contribution is -2.55. The van der Waals surface area contributed by atoms with Crippen LogP contribution in [0.25, 0.3) is 0 Å². The Morgan fingerprint density at radius 3 is 2.44 bits per heavy atom. The number of rotatable bonds is 5. The van der Waals surface area contributed by atoms with Crippen LogP contribution in [0.4, 0.5) is 0 Å². The van der Waals surface area contributed by atoms with E-state index in [1.807, 2.05) is 6.07 Å². The van der Waals surface area contributed by atoms with Gasteiger partial charge in [0.1, 0.15) is 36.3 Å². The third-order valence-electron chi connectivity index (χ3n) is 6.87. The lowest BCUT2D eigenvalue weighted by atomic mass is 9.85. The predicted molar refractivity (Wildman–Crippen MR) is 119 cm³/mol. The second-order valence-corrected chi connectivity index (χ2v) is 9.52. The summed E-state index contributed by atoms with van der Waals surface area (Å²) in [7, 11) is 0. The van der Waals surface area contributed by atoms with Gasteiger partial charge in [0.25, 0.3) is 0 Å². The highest BCUT2D eigenvalue weighted by molar-refractivity contribution is 6.33. The Morgan fingerprint density at radius 1 is 1.00 bits per heavy atom. The van der Waals surface area contributed by atoms with Gasteiger partial charge in [0.15, 0.2) is 0 Å². The molecular formula is C25H29ClO6. The maximum Gasteiger partial charge on any atom is 0.141 e. The molecule has 5 atom stereocenters. The Kier molecular flexibility index (Phi) is 6.18. The first-order valence-corrected chi connectivity index (χ1v) is 11.7. The van der Waals surface area contributed by atoms with E-state index >= 15 is 0 Å². The molecule has 6 nitrogen and oxygen atoms in total. The number of hydrogen-bond donors (Lipinski definition) is 4. The zero-order chi connectivity index (χ0) is 22.4. The Morgan fingerprint density at radius 2 is 1.75 bits per heavy atom. The maximum absolute atomic E-state index is 10.7. The number of aliphatic hydroxyl groups is 4. The SMILES string of the molecule is OCC1OC(c2cc(Cc3ccc(C4CC4)cc3)c(Cl)c3c2CCCO3)C(O)C(O)C1O. The summed E-state index contributed by atoms with van der Waals surface area (Å²) in [5, 5.41) is 41.4. The number of ether oxygens (including phenoxy) is 2. The van der Waals surface area contributed by atoms with Crippen LogP contribution >= 0.6 is 11.6 Å². The summed E-state index contributed by atoms with van der Waals surface area (Å²) >= 11 is 6.77. The fourth-order valence-electron chi connectivity index (χ4n) is 4.86. The van der Waals surface area contributed by atoms with Crippen molar-refractivity contribution in [2.24, 2.45) is 0 Å². The predicted octanol–water partition coefficient (Wildman–Crippen LogP) is 2.65. The molecule has 0 bridgehead atoms. The van der Waals surface area contributed by atoms with E-state index < -0.39 is 37.1 Å². The minimum Gasteiger partial charge on any atom is -0.492 e. The number of benzene rings is 2. The normalized spacial score (nSPS) is 30.0. The first-order chi connectivity index (χ1) is 15.5. The first-order valence-electron chi connectivity index (χ1n) is 11.3. The van der Waals surface area contributed by atoms with Crippen molar-refractivity contribution in [2.75, 3.05) is 13.2 Å². The molecule has 2 fully saturated rings. The molecule has 0 spiro atoms. The van der Waals surface area contributed by atoms with Gasteiger partial charge in [-0.05, 0) is 60.3 Å². The largest absolute Gasteiger partial charge is 0.492 e. The monoisotopic (exact) mass is 460 g/mol. The molecule has 2 aromatic carbocycles. The van der Waals surface area contributed by atoms with Gasteiger partial charge in [-0.3, -0.25) is 0 Å². The van der Waals surface area contributed by atoms with Crippen molar-refractivity contribution in [3.63, 3.8) is 0 Å². The molecule has 5 rings (SSSR count). The quantitative estimate of drug-likeness (QED) is 0.547. The van der Waals surface area contributed by atoms with Gasteiger partial charge in [0.2, 0.25) is 0 Å². The summed E-state index contributed by atoms with van der Waals surface area (Å²) in [6.45, 7) is 0.0916. The van der Waals surface area contributed by atoms with Gasteiger partial charge >= 0.3 is 0 Å². The summed E-state index contributed by atoms with van der Waals surface area (Å²) in [5.74, 6) is 1.29. The highest BCUT2D eigenvalue weighted by Gasteiger charge is 2.45. The van der Waals surface area contributed by atoms with E-state index in [1.54, 1.807) is 0 Å². The van der Waals surface area contributed by atoms with Crippen LogP contribution < -0.4 is 4.74 Å². The van der Waals surface area contributed by atoms with Gasteiger partial charge < -0.3 is 29.9 Å². The average molecular weight is 461 g/mol. The Bertz CT molecular complexity index is 971. The molecule has 7 heteroatoms. The Balaban J connectivity index is 1.52. The molecule has 4 N–H and O–H groups in total. The number of halogens is 1. The molecule has 0 amide bonds. The molecule has 1 saturated heterocycles. The minimum absolute atomic E-state index is 0.464. The molecule has 32 heavy (non-hydrogen) atoms. The molecule has 5 unspecified atom stereocenters. The van der Waals surface area contributed by atoms with E-state index in [-0.39, 0.29) is 0 Å². The maximum atomic E-state index is 10.7. The van der Waals surface area contributed by atoms with Gasteiger partial charge in [0.05, 0.1) is 18.2 Å². The third-order valence-corrected chi connectivity index (χ3v) is 7.29. The first kappa shape index (κ1) is 22.1. The molecule has 3 aliphatic rings. The fourth-order valence-corrected chi connectivity index (χ4v) is 5.15. The van der Waals surface area contributed by atoms with Gasteiger partial charge in [-0.2, -0.15) is 0 Å². The van der Waals surface area contributed by atoms with Crippen molar-refractivity contribution in [1.29, 1.82) is 0 Å². The van der Waals surface area contributed by atoms with Gasteiger partial charge in [-0.1, -0.05) is 41.9 Å². The van der Waals surface area contributed by atoms with Crippen molar-refractivity contribution >= 4 is 11.6 Å². The summed E-state index contributed by atoms with van der Waals surface area (Å²) < 4.78 is 11.8. The van der Waals surface area contributed by atoms with Crippen LogP contribution in [-0.4, -0.2) is 58.1 Å². The number of aliphatic hydroxyl groups excluding tert-OH is 4. The lowest BCUT2D eigenvalue weighted by Gasteiger charge is -2.41. The van der Waals surface area contributed by atoms with Crippen LogP contribution in [0.15, 0.2) is 30.3 Å². The Hall–Kier alpha value is -1.67. The molecule has 0 radical (unpaired) electrons. The average Bonchev–Trinajstić information content (AvgIpc) is 3.66. The molecule has 172 valence electrons. The van der Waals surface area contributed by atoms with Gasteiger partial charge in [-0.15, -0.1) is 0 Å². The zero-order valence-corrected chi connectivity index (χ0v) is 18.5. The molecule has 2 heterocycles. The van der Waals surface area contributed by atoms with Crippen molar-refractivity contribution < 1.29 is 29.9 Å². The molecule has 0 aromatic heterocycles. The van der Waals surface area contributed by atoms with Crippen LogP contribution in [0.5, 0.6) is 5.75 Å². The third kappa shape index (κ3) is 4.04. The molecule has 2 aromatic rings. The Labute approximate surface area is 192 Å². The van der Waals surface area contributed by atoms with Gasteiger partial charge in [0, 0.05) is 5.56 Å². The fraction of sp³-hybridized carbons (Fsp3) is 0.520. The van der Waals surface area contributed by atoms with E-state index in [9.17, 15) is 20.4 Å².